The summed E-state index contributed by atoms with van der Waals surface area (Å²) >= 11 is 6.15. The largest absolute Gasteiger partial charge is 0.370 e. The van der Waals surface area contributed by atoms with Gasteiger partial charge in [0.1, 0.15) is 23.5 Å². The van der Waals surface area contributed by atoms with E-state index in [9.17, 15) is 4.79 Å². The van der Waals surface area contributed by atoms with E-state index in [0.29, 0.717) is 0 Å². The van der Waals surface area contributed by atoms with Crippen LogP contribution in [-0.4, -0.2) is 89.4 Å². The summed E-state index contributed by atoms with van der Waals surface area (Å²) in [6.45, 7) is 0. The summed E-state index contributed by atoms with van der Waals surface area (Å²) < 4.78 is 0. The molecule has 108 valence electrons. The van der Waals surface area contributed by atoms with Crippen LogP contribution in [0.5, 0.6) is 0 Å². The predicted octanol–water partition coefficient (Wildman–Crippen LogP) is -4.54. The van der Waals surface area contributed by atoms with Gasteiger partial charge in [-0.1, -0.05) is 38.4 Å². The zero-order valence-corrected chi connectivity index (χ0v) is 14.9. The molecule has 3 rings (SSSR count). The molecular weight excluding hydrogens is 344 g/mol. The van der Waals surface area contributed by atoms with Crippen LogP contribution >= 0.6 is 11.6 Å². The lowest BCUT2D eigenvalue weighted by Gasteiger charge is -2.66. The van der Waals surface area contributed by atoms with Crippen LogP contribution in [0, 0.1) is 0 Å². The van der Waals surface area contributed by atoms with E-state index >= 15 is 0 Å². The normalized spacial score (nSPS) is 25.1. The van der Waals surface area contributed by atoms with E-state index in [1.807, 2.05) is 0 Å². The first-order valence-corrected chi connectivity index (χ1v) is 7.95. The second-order valence-corrected chi connectivity index (χ2v) is 7.34. The highest BCUT2D eigenvalue weighted by atomic mass is 35.5. The summed E-state index contributed by atoms with van der Waals surface area (Å²) in [6.07, 6.45) is 0. The zero-order chi connectivity index (χ0) is 20.9. The maximum Gasteiger partial charge on any atom is 0.219 e. The lowest BCUT2D eigenvalue weighted by atomic mass is 9.09. The smallest absolute Gasteiger partial charge is 0.219 e. The molecule has 27 heavy (non-hydrogen) atoms. The Morgan fingerprint density at radius 2 is 1.41 bits per heavy atom. The number of nitrogens with two attached hydrogens (primary N) is 1. The van der Waals surface area contributed by atoms with E-state index < -0.39 is 26.9 Å². The first-order valence-electron chi connectivity index (χ1n) is 7.57. The Morgan fingerprint density at radius 3 is 1.89 bits per heavy atom. The summed E-state index contributed by atoms with van der Waals surface area (Å²) in [4.78, 5) is 15.2. The molecule has 1 amide bonds. The molecule has 0 saturated heterocycles. The molecule has 0 fully saturated rings. The number of nitrogens with one attached hydrogen (secondary N) is 1. The fraction of sp³-hybridized carbons (Fsp3) is 0.308. The molecule has 1 aromatic carbocycles. The van der Waals surface area contributed by atoms with Crippen LogP contribution in [0.4, 0.5) is 0 Å². The highest BCUT2D eigenvalue weighted by molar-refractivity contribution is 6.67. The van der Waals surface area contributed by atoms with Crippen LogP contribution < -0.4 is 22.1 Å². The molecule has 1 aromatic heterocycles. The Bertz CT molecular complexity index is 1020. The third-order valence-electron chi connectivity index (χ3n) is 5.52. The summed E-state index contributed by atoms with van der Waals surface area (Å²) in [5.41, 5.74) is 5.40. The average Bonchev–Trinajstić information content (AvgIpc) is 2.97. The lowest BCUT2D eigenvalue weighted by molar-refractivity contribution is -0.121. The van der Waals surface area contributed by atoms with Crippen molar-refractivity contribution in [2.75, 3.05) is 0 Å². The lowest BCUT2D eigenvalue weighted by Crippen LogP contribution is -2.66. The Balaban J connectivity index is 2.68. The van der Waals surface area contributed by atoms with Gasteiger partial charge in [0.25, 0.3) is 0 Å². The van der Waals surface area contributed by atoms with Crippen LogP contribution in [0.2, 0.25) is 15.5 Å². The van der Waals surface area contributed by atoms with Gasteiger partial charge in [0.2, 0.25) is 5.91 Å². The minimum atomic E-state index is -2.39. The van der Waals surface area contributed by atoms with Crippen molar-refractivity contribution in [3.8, 4) is 0 Å². The Kier molecular flexibility index (Phi) is 4.35. The fourth-order valence-electron chi connectivity index (χ4n) is 3.60. The highest BCUT2D eigenvalue weighted by Crippen LogP contribution is 2.66. The molecule has 0 spiro atoms. The monoisotopic (exact) mass is 348 g/mol. The second-order valence-electron chi connectivity index (χ2n) is 6.96. The molecule has 0 aliphatic heterocycles. The first kappa shape index (κ1) is 20.9. The van der Waals surface area contributed by atoms with Gasteiger partial charge in [0, 0.05) is 21.5 Å². The van der Waals surface area contributed by atoms with Gasteiger partial charge in [-0.25, -0.2) is 0 Å². The Morgan fingerprint density at radius 1 is 0.889 bits per heavy atom. The highest BCUT2D eigenvalue weighted by Gasteiger charge is 2.62. The van der Waals surface area contributed by atoms with E-state index in [1.165, 1.54) is 0 Å². The molecule has 1 atom stereocenters. The number of hydrogen-bond donors (Lipinski definition) is 2. The molecule has 1 aliphatic carbocycles. The number of amides is 1. The van der Waals surface area contributed by atoms with Gasteiger partial charge in [-0.3, -0.25) is 4.79 Å². The van der Waals surface area contributed by atoms with Crippen LogP contribution in [0.1, 0.15) is 11.3 Å². The molecule has 3 nitrogen and oxygen atoms in total. The van der Waals surface area contributed by atoms with Crippen molar-refractivity contribution in [1.29, 1.82) is 0 Å². The summed E-state index contributed by atoms with van der Waals surface area (Å²) in [5.74, 6) is -1.15. The number of benzene rings is 1. The SMILES string of the molecule is [B]c1c(Cl)c([B])c2c3c([nH]c2c1[B])C([B])(C(N)=O)C([B])([B])C([B])([B])C3([B])[B]. The Labute approximate surface area is 175 Å². The van der Waals surface area contributed by atoms with Crippen molar-refractivity contribution in [2.24, 2.45) is 5.73 Å². The standard InChI is InChI=1S/C13H3B10ClN2O/c14-3-1-2-8(26-7(1)5(16)4(15)6(3)24)10(17,9(25)27)12(20,21)13(22,23)11(2,18)19/h26H,(H2,25,27). The number of aromatic nitrogens is 1. The van der Waals surface area contributed by atoms with Crippen molar-refractivity contribution in [1.82, 2.24) is 4.98 Å². The quantitative estimate of drug-likeness (QED) is 0.502. The molecule has 1 unspecified atom stereocenters. The third kappa shape index (κ3) is 2.10. The number of rotatable bonds is 1. The first-order chi connectivity index (χ1) is 12.1. The second kappa shape index (κ2) is 5.62. The number of hydrogen-bond acceptors (Lipinski definition) is 1. The number of primary amides is 1. The van der Waals surface area contributed by atoms with E-state index in [0.717, 1.165) is 0 Å². The summed E-state index contributed by atoms with van der Waals surface area (Å²) in [6, 6.07) is 0. The molecule has 2 aromatic rings. The van der Waals surface area contributed by atoms with Gasteiger partial charge < -0.3 is 10.7 Å². The molecule has 20 radical (unpaired) electrons. The topological polar surface area (TPSA) is 58.9 Å². The van der Waals surface area contributed by atoms with Gasteiger partial charge in [-0.2, -0.15) is 0 Å². The summed E-state index contributed by atoms with van der Waals surface area (Å²) in [7, 11) is 61.2. The van der Waals surface area contributed by atoms with Crippen LogP contribution in [0.15, 0.2) is 0 Å². The molecule has 1 aliphatic rings. The van der Waals surface area contributed by atoms with Gasteiger partial charge in [-0.05, 0) is 10.9 Å². The minimum absolute atomic E-state index is 0.000469. The minimum Gasteiger partial charge on any atom is -0.370 e. The Hall–Kier alpha value is -0.831. The number of aromatic amines is 1. The number of carbonyl (C=O) groups is 1. The van der Waals surface area contributed by atoms with Gasteiger partial charge >= 0.3 is 0 Å². The fourth-order valence-corrected chi connectivity index (χ4v) is 3.79. The maximum absolute atomic E-state index is 12.3. The van der Waals surface area contributed by atoms with E-state index in [4.69, 9.17) is 95.8 Å². The van der Waals surface area contributed by atoms with Gasteiger partial charge in [-0.15, -0.1) is 5.21 Å². The molecule has 1 heterocycles. The molecule has 3 N–H and O–H groups in total. The molecule has 0 bridgehead atoms. The van der Waals surface area contributed by atoms with Crippen molar-refractivity contribution >= 4 is 123 Å². The number of H-pyrrole nitrogens is 1. The van der Waals surface area contributed by atoms with E-state index in [2.05, 4.69) is 4.98 Å². The van der Waals surface area contributed by atoms with Crippen molar-refractivity contribution < 1.29 is 4.79 Å². The number of carbonyl (C=O) groups excluding carboxylic acids is 1. The predicted molar refractivity (Wildman–Crippen MR) is 118 cm³/mol. The summed E-state index contributed by atoms with van der Waals surface area (Å²) in [5, 5.41) is -9.12. The average molecular weight is 347 g/mol. The number of fused-ring (bicyclic) bond motifs is 3. The van der Waals surface area contributed by atoms with Crippen LogP contribution in [0.3, 0.4) is 0 Å². The maximum atomic E-state index is 12.3. The molecule has 14 heteroatoms. The third-order valence-corrected chi connectivity index (χ3v) is 5.93. The van der Waals surface area contributed by atoms with Gasteiger partial charge in [0.05, 0.1) is 54.9 Å². The number of halogens is 1. The van der Waals surface area contributed by atoms with Gasteiger partial charge in [0.15, 0.2) is 0 Å². The van der Waals surface area contributed by atoms with E-state index in [1.54, 1.807) is 0 Å². The molecular formula is C13H3B10ClN2O. The van der Waals surface area contributed by atoms with Crippen LogP contribution in [-0.2, 0) is 15.3 Å². The van der Waals surface area contributed by atoms with Crippen molar-refractivity contribution in [2.45, 2.75) is 21.0 Å². The van der Waals surface area contributed by atoms with Crippen molar-refractivity contribution in [3.63, 3.8) is 0 Å². The van der Waals surface area contributed by atoms with E-state index in [-0.39, 0.29) is 43.6 Å². The van der Waals surface area contributed by atoms with Crippen LogP contribution in [0.25, 0.3) is 10.9 Å². The zero-order valence-electron chi connectivity index (χ0n) is 14.1. The van der Waals surface area contributed by atoms with Crippen molar-refractivity contribution in [3.05, 3.63) is 16.3 Å². The molecule has 0 saturated carbocycles.